The maximum atomic E-state index is 13.6. The first-order valence-corrected chi connectivity index (χ1v) is 8.52. The molecule has 136 valence electrons. The molecule has 0 bridgehead atoms. The number of benzene rings is 1. The molecule has 0 saturated carbocycles. The third-order valence-corrected chi connectivity index (χ3v) is 4.93. The summed E-state index contributed by atoms with van der Waals surface area (Å²) in [5, 5.41) is 0. The van der Waals surface area contributed by atoms with Crippen LogP contribution in [0.2, 0.25) is 0 Å². The van der Waals surface area contributed by atoms with Gasteiger partial charge >= 0.3 is 0 Å². The lowest BCUT2D eigenvalue weighted by atomic mass is 10.0. The molecule has 2 aromatic rings. The summed E-state index contributed by atoms with van der Waals surface area (Å²) in [7, 11) is 1.64. The summed E-state index contributed by atoms with van der Waals surface area (Å²) in [5.41, 5.74) is 3.70. The molecule has 0 radical (unpaired) electrons. The number of halogens is 2. The van der Waals surface area contributed by atoms with Gasteiger partial charge in [-0.15, -0.1) is 0 Å². The lowest BCUT2D eigenvalue weighted by molar-refractivity contribution is -0.0664. The van der Waals surface area contributed by atoms with Crippen LogP contribution >= 0.6 is 0 Å². The van der Waals surface area contributed by atoms with Crippen LogP contribution < -0.4 is 4.74 Å². The van der Waals surface area contributed by atoms with Crippen molar-refractivity contribution in [2.45, 2.75) is 46.1 Å². The zero-order chi connectivity index (χ0) is 18.2. The Bertz CT molecular complexity index is 771. The van der Waals surface area contributed by atoms with Crippen molar-refractivity contribution in [2.75, 3.05) is 20.2 Å². The SMILES string of the molecule is COc1ccc(-c2nc(CN3CCCC(F)(F)C3)c(C)o2)c(C)c1C. The maximum absolute atomic E-state index is 13.6. The van der Waals surface area contributed by atoms with Gasteiger partial charge in [0.1, 0.15) is 11.5 Å². The number of hydrogen-bond acceptors (Lipinski definition) is 4. The quantitative estimate of drug-likeness (QED) is 0.813. The fourth-order valence-electron chi connectivity index (χ4n) is 3.33. The summed E-state index contributed by atoms with van der Waals surface area (Å²) in [6.45, 7) is 6.66. The lowest BCUT2D eigenvalue weighted by Gasteiger charge is -2.31. The Kier molecular flexibility index (Phi) is 4.82. The van der Waals surface area contributed by atoms with Crippen LogP contribution in [0, 0.1) is 20.8 Å². The molecular weight excluding hydrogens is 326 g/mol. The molecule has 2 heterocycles. The highest BCUT2D eigenvalue weighted by atomic mass is 19.3. The first kappa shape index (κ1) is 17.9. The number of piperidine rings is 1. The number of methoxy groups -OCH3 is 1. The van der Waals surface area contributed by atoms with E-state index in [-0.39, 0.29) is 13.0 Å². The van der Waals surface area contributed by atoms with Gasteiger partial charge in [0.15, 0.2) is 0 Å². The molecule has 0 N–H and O–H groups in total. The van der Waals surface area contributed by atoms with Crippen LogP contribution in [-0.4, -0.2) is 36.0 Å². The van der Waals surface area contributed by atoms with Crippen molar-refractivity contribution < 1.29 is 17.9 Å². The molecule has 0 amide bonds. The van der Waals surface area contributed by atoms with Crippen molar-refractivity contribution in [2.24, 2.45) is 0 Å². The third kappa shape index (κ3) is 3.68. The largest absolute Gasteiger partial charge is 0.496 e. The van der Waals surface area contributed by atoms with Crippen LogP contribution in [0.3, 0.4) is 0 Å². The predicted molar refractivity (Wildman–Crippen MR) is 92.2 cm³/mol. The smallest absolute Gasteiger partial charge is 0.260 e. The van der Waals surface area contributed by atoms with Crippen LogP contribution in [-0.2, 0) is 6.54 Å². The summed E-state index contributed by atoms with van der Waals surface area (Å²) in [4.78, 5) is 6.34. The number of nitrogens with zero attached hydrogens (tertiary/aromatic N) is 2. The molecule has 1 aliphatic rings. The average Bonchev–Trinajstić information content (AvgIpc) is 2.89. The summed E-state index contributed by atoms with van der Waals surface area (Å²) < 4.78 is 38.4. The zero-order valence-electron chi connectivity index (χ0n) is 15.2. The molecule has 6 heteroatoms. The molecule has 0 spiro atoms. The topological polar surface area (TPSA) is 38.5 Å². The zero-order valence-corrected chi connectivity index (χ0v) is 15.2. The van der Waals surface area contributed by atoms with E-state index in [1.807, 2.05) is 32.9 Å². The van der Waals surface area contributed by atoms with Gasteiger partial charge in [-0.25, -0.2) is 13.8 Å². The van der Waals surface area contributed by atoms with E-state index in [1.54, 1.807) is 12.0 Å². The van der Waals surface area contributed by atoms with E-state index in [0.717, 1.165) is 28.1 Å². The summed E-state index contributed by atoms with van der Waals surface area (Å²) in [6, 6.07) is 3.81. The van der Waals surface area contributed by atoms with Crippen molar-refractivity contribution in [3.8, 4) is 17.2 Å². The Morgan fingerprint density at radius 2 is 2.00 bits per heavy atom. The predicted octanol–water partition coefficient (Wildman–Crippen LogP) is 4.51. The van der Waals surface area contributed by atoms with E-state index >= 15 is 0 Å². The maximum Gasteiger partial charge on any atom is 0.260 e. The second-order valence-corrected chi connectivity index (χ2v) is 6.76. The molecule has 0 unspecified atom stereocenters. The van der Waals surface area contributed by atoms with Gasteiger partial charge in [0.2, 0.25) is 5.89 Å². The van der Waals surface area contributed by atoms with E-state index in [2.05, 4.69) is 4.98 Å². The van der Waals surface area contributed by atoms with Crippen LogP contribution in [0.15, 0.2) is 16.5 Å². The molecule has 25 heavy (non-hydrogen) atoms. The summed E-state index contributed by atoms with van der Waals surface area (Å²) in [6.07, 6.45) is 0.477. The Morgan fingerprint density at radius 1 is 1.24 bits per heavy atom. The van der Waals surface area contributed by atoms with E-state index < -0.39 is 5.92 Å². The van der Waals surface area contributed by atoms with Crippen molar-refractivity contribution in [1.29, 1.82) is 0 Å². The summed E-state index contributed by atoms with van der Waals surface area (Å²) >= 11 is 0. The van der Waals surface area contributed by atoms with E-state index in [9.17, 15) is 8.78 Å². The minimum Gasteiger partial charge on any atom is -0.496 e. The number of aryl methyl sites for hydroxylation is 1. The van der Waals surface area contributed by atoms with Gasteiger partial charge < -0.3 is 9.15 Å². The number of ether oxygens (including phenoxy) is 1. The Balaban J connectivity index is 1.85. The molecular formula is C19H24F2N2O2. The molecule has 1 aliphatic heterocycles. The van der Waals surface area contributed by atoms with Gasteiger partial charge in [0.25, 0.3) is 5.92 Å². The van der Waals surface area contributed by atoms with Crippen molar-refractivity contribution in [3.05, 3.63) is 34.7 Å². The Hall–Kier alpha value is -1.95. The molecule has 0 atom stereocenters. The van der Waals surface area contributed by atoms with Crippen LogP contribution in [0.1, 0.15) is 35.4 Å². The molecule has 3 rings (SSSR count). The van der Waals surface area contributed by atoms with E-state index in [1.165, 1.54) is 0 Å². The number of likely N-dealkylation sites (tertiary alicyclic amines) is 1. The second-order valence-electron chi connectivity index (χ2n) is 6.76. The number of oxazole rings is 1. The number of aromatic nitrogens is 1. The number of alkyl halides is 2. The molecule has 4 nitrogen and oxygen atoms in total. The van der Waals surface area contributed by atoms with Gasteiger partial charge in [0.05, 0.1) is 19.3 Å². The van der Waals surface area contributed by atoms with Gasteiger partial charge in [-0.1, -0.05) is 0 Å². The van der Waals surface area contributed by atoms with Crippen molar-refractivity contribution >= 4 is 0 Å². The minimum absolute atomic E-state index is 0.0309. The average molecular weight is 350 g/mol. The number of hydrogen-bond donors (Lipinski definition) is 0. The minimum atomic E-state index is -2.61. The fourth-order valence-corrected chi connectivity index (χ4v) is 3.33. The van der Waals surface area contributed by atoms with Crippen LogP contribution in [0.5, 0.6) is 5.75 Å². The van der Waals surface area contributed by atoms with E-state index in [0.29, 0.717) is 31.2 Å². The molecule has 0 aliphatic carbocycles. The van der Waals surface area contributed by atoms with E-state index in [4.69, 9.17) is 9.15 Å². The molecule has 1 saturated heterocycles. The normalized spacial score (nSPS) is 17.7. The number of rotatable bonds is 4. The van der Waals surface area contributed by atoms with Gasteiger partial charge in [-0.2, -0.15) is 0 Å². The monoisotopic (exact) mass is 350 g/mol. The van der Waals surface area contributed by atoms with Crippen molar-refractivity contribution in [1.82, 2.24) is 9.88 Å². The standard InChI is InChI=1S/C19H24F2N2O2/c1-12-13(2)17(24-4)7-6-15(12)18-22-16(14(3)25-18)10-23-9-5-8-19(20,21)11-23/h6-7H,5,8-11H2,1-4H3. The highest BCUT2D eigenvalue weighted by Crippen LogP contribution is 2.32. The fraction of sp³-hybridized carbons (Fsp3) is 0.526. The summed E-state index contributed by atoms with van der Waals surface area (Å²) in [5.74, 6) is -0.584. The van der Waals surface area contributed by atoms with Gasteiger partial charge in [0, 0.05) is 18.5 Å². The molecule has 1 aromatic carbocycles. The van der Waals surface area contributed by atoms with Crippen LogP contribution in [0.4, 0.5) is 8.78 Å². The Morgan fingerprint density at radius 3 is 2.68 bits per heavy atom. The third-order valence-electron chi connectivity index (χ3n) is 4.93. The second kappa shape index (κ2) is 6.75. The van der Waals surface area contributed by atoms with Crippen LogP contribution in [0.25, 0.3) is 11.5 Å². The van der Waals surface area contributed by atoms with Gasteiger partial charge in [-0.05, 0) is 57.0 Å². The highest BCUT2D eigenvalue weighted by Gasteiger charge is 2.35. The first-order chi connectivity index (χ1) is 11.8. The van der Waals surface area contributed by atoms with Gasteiger partial charge in [-0.3, -0.25) is 4.90 Å². The first-order valence-electron chi connectivity index (χ1n) is 8.52. The Labute approximate surface area is 146 Å². The molecule has 1 fully saturated rings. The van der Waals surface area contributed by atoms with Crippen molar-refractivity contribution in [3.63, 3.8) is 0 Å². The lowest BCUT2D eigenvalue weighted by Crippen LogP contribution is -2.42. The highest BCUT2D eigenvalue weighted by molar-refractivity contribution is 5.63. The molecule has 1 aromatic heterocycles.